The van der Waals surface area contributed by atoms with Crippen molar-refractivity contribution in [2.24, 2.45) is 5.92 Å². The van der Waals surface area contributed by atoms with E-state index in [9.17, 15) is 19.5 Å². The highest BCUT2D eigenvalue weighted by Gasteiger charge is 2.26. The van der Waals surface area contributed by atoms with E-state index >= 15 is 0 Å². The van der Waals surface area contributed by atoms with Crippen LogP contribution in [0, 0.1) is 5.92 Å². The second kappa shape index (κ2) is 15.5. The summed E-state index contributed by atoms with van der Waals surface area (Å²) in [6.45, 7) is 0.525. The van der Waals surface area contributed by atoms with Gasteiger partial charge in [0.1, 0.15) is 12.6 Å². The first kappa shape index (κ1) is 31.3. The summed E-state index contributed by atoms with van der Waals surface area (Å²) in [5.41, 5.74) is 2.99. The molecule has 0 aromatic heterocycles. The monoisotopic (exact) mass is 602 g/mol. The summed E-state index contributed by atoms with van der Waals surface area (Å²) in [4.78, 5) is 38.1. The molecule has 0 spiro atoms. The number of hydrogen-bond donors (Lipinski definition) is 3. The third-order valence-electron chi connectivity index (χ3n) is 8.08. The third-order valence-corrected chi connectivity index (χ3v) is 8.08. The first-order valence-corrected chi connectivity index (χ1v) is 15.4. The van der Waals surface area contributed by atoms with E-state index in [4.69, 9.17) is 4.74 Å². The standard InChI is InChI=1S/C38H38N2O5/c41-36(40-35(37(42)43)22-8-9-23-39-38(44)45-26-27-12-2-1-3-13-27)32(24-30-18-10-16-28-14-4-6-20-33(28)30)25-31-19-11-17-29-15-5-7-21-34(29)31/h1-7,10-21,32,35H,8-9,22-26H2,(H,39,44)(H,40,41)(H,42,43)/t35-/m0/s1. The average Bonchev–Trinajstić information content (AvgIpc) is 3.07. The lowest BCUT2D eigenvalue weighted by molar-refractivity contribution is -0.142. The Morgan fingerprint density at radius 2 is 1.22 bits per heavy atom. The minimum Gasteiger partial charge on any atom is -0.480 e. The van der Waals surface area contributed by atoms with Gasteiger partial charge in [0.2, 0.25) is 5.91 Å². The summed E-state index contributed by atoms with van der Waals surface area (Å²) >= 11 is 0. The van der Waals surface area contributed by atoms with Crippen molar-refractivity contribution in [3.63, 3.8) is 0 Å². The Balaban J connectivity index is 1.22. The molecule has 0 saturated heterocycles. The van der Waals surface area contributed by atoms with Crippen LogP contribution in [0.4, 0.5) is 4.79 Å². The Hall–Kier alpha value is -5.17. The highest BCUT2D eigenvalue weighted by molar-refractivity contribution is 5.90. The number of alkyl carbamates (subject to hydrolysis) is 1. The van der Waals surface area contributed by atoms with Crippen molar-refractivity contribution in [1.82, 2.24) is 10.6 Å². The number of carbonyl (C=O) groups excluding carboxylic acids is 2. The average molecular weight is 603 g/mol. The number of benzene rings is 5. The van der Waals surface area contributed by atoms with Crippen molar-refractivity contribution in [1.29, 1.82) is 0 Å². The smallest absolute Gasteiger partial charge is 0.407 e. The Bertz CT molecular complexity index is 1660. The predicted octanol–water partition coefficient (Wildman–Crippen LogP) is 7.06. The summed E-state index contributed by atoms with van der Waals surface area (Å²) in [6, 6.07) is 36.7. The SMILES string of the molecule is O=C(NCCCC[C@H](NC(=O)C(Cc1cccc2ccccc12)Cc1cccc2ccccc12)C(=O)O)OCc1ccccc1. The number of hydrogen-bond acceptors (Lipinski definition) is 4. The maximum absolute atomic E-state index is 13.9. The van der Waals surface area contributed by atoms with Gasteiger partial charge in [0, 0.05) is 12.5 Å². The Labute approximate surface area is 263 Å². The number of unbranched alkanes of at least 4 members (excludes halogenated alkanes) is 1. The Morgan fingerprint density at radius 3 is 1.82 bits per heavy atom. The molecule has 0 fully saturated rings. The molecular weight excluding hydrogens is 564 g/mol. The van der Waals surface area contributed by atoms with Gasteiger partial charge < -0.3 is 20.5 Å². The molecule has 3 N–H and O–H groups in total. The van der Waals surface area contributed by atoms with Crippen LogP contribution in [-0.4, -0.2) is 35.7 Å². The summed E-state index contributed by atoms with van der Waals surface area (Å²) in [5, 5.41) is 19.9. The van der Waals surface area contributed by atoms with Crippen molar-refractivity contribution >= 4 is 39.5 Å². The first-order chi connectivity index (χ1) is 22.0. The molecule has 0 aliphatic rings. The predicted molar refractivity (Wildman–Crippen MR) is 177 cm³/mol. The van der Waals surface area contributed by atoms with Crippen LogP contribution in [0.1, 0.15) is 36.0 Å². The topological polar surface area (TPSA) is 105 Å². The van der Waals surface area contributed by atoms with E-state index in [2.05, 4.69) is 47.0 Å². The fourth-order valence-electron chi connectivity index (χ4n) is 5.71. The molecule has 1 atom stereocenters. The van der Waals surface area contributed by atoms with Gasteiger partial charge >= 0.3 is 12.1 Å². The zero-order chi connectivity index (χ0) is 31.4. The number of rotatable bonds is 14. The van der Waals surface area contributed by atoms with Gasteiger partial charge in [-0.3, -0.25) is 4.79 Å². The zero-order valence-corrected chi connectivity index (χ0v) is 25.2. The van der Waals surface area contributed by atoms with Gasteiger partial charge in [-0.15, -0.1) is 0 Å². The fourth-order valence-corrected chi connectivity index (χ4v) is 5.71. The van der Waals surface area contributed by atoms with Gasteiger partial charge in [-0.1, -0.05) is 115 Å². The van der Waals surface area contributed by atoms with E-state index in [0.29, 0.717) is 32.2 Å². The first-order valence-electron chi connectivity index (χ1n) is 15.4. The van der Waals surface area contributed by atoms with E-state index < -0.39 is 24.0 Å². The van der Waals surface area contributed by atoms with Crippen LogP contribution in [0.25, 0.3) is 21.5 Å². The van der Waals surface area contributed by atoms with E-state index in [1.807, 2.05) is 78.9 Å². The highest BCUT2D eigenvalue weighted by atomic mass is 16.5. The van der Waals surface area contributed by atoms with Crippen molar-refractivity contribution in [2.75, 3.05) is 6.54 Å². The molecule has 5 aromatic rings. The van der Waals surface area contributed by atoms with Crippen LogP contribution in [0.2, 0.25) is 0 Å². The summed E-state index contributed by atoms with van der Waals surface area (Å²) < 4.78 is 5.22. The molecule has 7 heteroatoms. The Morgan fingerprint density at radius 1 is 0.667 bits per heavy atom. The number of nitrogens with one attached hydrogen (secondary N) is 2. The second-order valence-electron chi connectivity index (χ2n) is 11.3. The molecule has 7 nitrogen and oxygen atoms in total. The molecule has 5 aromatic carbocycles. The molecule has 45 heavy (non-hydrogen) atoms. The van der Waals surface area contributed by atoms with Crippen LogP contribution in [0.15, 0.2) is 115 Å². The van der Waals surface area contributed by atoms with Crippen molar-refractivity contribution in [3.05, 3.63) is 132 Å². The lowest BCUT2D eigenvalue weighted by atomic mass is 9.87. The van der Waals surface area contributed by atoms with Gasteiger partial charge in [-0.2, -0.15) is 0 Å². The maximum atomic E-state index is 13.9. The van der Waals surface area contributed by atoms with Crippen LogP contribution in [-0.2, 0) is 33.8 Å². The van der Waals surface area contributed by atoms with Gasteiger partial charge in [-0.25, -0.2) is 9.59 Å². The number of aliphatic carboxylic acids is 1. The molecule has 0 aliphatic carbocycles. The van der Waals surface area contributed by atoms with Gasteiger partial charge in [0.05, 0.1) is 0 Å². The van der Waals surface area contributed by atoms with Gasteiger partial charge in [0.15, 0.2) is 0 Å². The van der Waals surface area contributed by atoms with E-state index in [-0.39, 0.29) is 18.9 Å². The van der Waals surface area contributed by atoms with E-state index in [0.717, 1.165) is 38.2 Å². The molecule has 2 amide bonds. The van der Waals surface area contributed by atoms with Crippen LogP contribution in [0.5, 0.6) is 0 Å². The molecule has 0 saturated carbocycles. The molecule has 0 bridgehead atoms. The van der Waals surface area contributed by atoms with E-state index in [1.54, 1.807) is 0 Å². The maximum Gasteiger partial charge on any atom is 0.407 e. The van der Waals surface area contributed by atoms with Crippen LogP contribution >= 0.6 is 0 Å². The molecular formula is C38H38N2O5. The fraction of sp³-hybridized carbons (Fsp3) is 0.237. The number of carboxylic acids is 1. The minimum absolute atomic E-state index is 0.179. The molecule has 5 rings (SSSR count). The number of carboxylic acid groups (broad SMARTS) is 1. The highest BCUT2D eigenvalue weighted by Crippen LogP contribution is 2.26. The zero-order valence-electron chi connectivity index (χ0n) is 25.2. The summed E-state index contributed by atoms with van der Waals surface area (Å²) in [6.07, 6.45) is 1.72. The van der Waals surface area contributed by atoms with Crippen molar-refractivity contribution in [3.8, 4) is 0 Å². The molecule has 0 radical (unpaired) electrons. The van der Waals surface area contributed by atoms with Crippen molar-refractivity contribution in [2.45, 2.75) is 44.8 Å². The number of carbonyl (C=O) groups is 3. The summed E-state index contributed by atoms with van der Waals surface area (Å²) in [5.74, 6) is -1.84. The largest absolute Gasteiger partial charge is 0.480 e. The lowest BCUT2D eigenvalue weighted by Crippen LogP contribution is -2.44. The second-order valence-corrected chi connectivity index (χ2v) is 11.3. The number of fused-ring (bicyclic) bond motifs is 2. The lowest BCUT2D eigenvalue weighted by Gasteiger charge is -2.22. The van der Waals surface area contributed by atoms with Crippen molar-refractivity contribution < 1.29 is 24.2 Å². The van der Waals surface area contributed by atoms with Gasteiger partial charge in [0.25, 0.3) is 0 Å². The number of amides is 2. The molecule has 230 valence electrons. The van der Waals surface area contributed by atoms with E-state index in [1.165, 1.54) is 0 Å². The number of ether oxygens (including phenoxy) is 1. The normalized spacial score (nSPS) is 11.8. The Kier molecular flexibility index (Phi) is 10.8. The van der Waals surface area contributed by atoms with Gasteiger partial charge in [-0.05, 0) is 70.3 Å². The third kappa shape index (κ3) is 8.70. The van der Waals surface area contributed by atoms with Crippen LogP contribution < -0.4 is 10.6 Å². The molecule has 0 heterocycles. The molecule has 0 aliphatic heterocycles. The molecule has 0 unspecified atom stereocenters. The van der Waals surface area contributed by atoms with Crippen LogP contribution in [0.3, 0.4) is 0 Å². The minimum atomic E-state index is -1.08. The summed E-state index contributed by atoms with van der Waals surface area (Å²) in [7, 11) is 0. The quantitative estimate of drug-likeness (QED) is 0.118.